The lowest BCUT2D eigenvalue weighted by Crippen LogP contribution is -2.64. The summed E-state index contributed by atoms with van der Waals surface area (Å²) in [6.45, 7) is 10.5. The van der Waals surface area contributed by atoms with Crippen LogP contribution in [0.1, 0.15) is 48.9 Å². The lowest BCUT2D eigenvalue weighted by Gasteiger charge is -2.55. The van der Waals surface area contributed by atoms with Crippen LogP contribution in [0, 0.1) is 25.7 Å². The summed E-state index contributed by atoms with van der Waals surface area (Å²) in [6.07, 6.45) is 7.53. The fourth-order valence-electron chi connectivity index (χ4n) is 6.96. The highest BCUT2D eigenvalue weighted by atomic mass is 16.2. The Hall–Kier alpha value is -3.88. The topological polar surface area (TPSA) is 89.8 Å². The second-order valence-corrected chi connectivity index (χ2v) is 11.5. The summed E-state index contributed by atoms with van der Waals surface area (Å²) in [4.78, 5) is 40.6. The predicted molar refractivity (Wildman–Crippen MR) is 150 cm³/mol. The van der Waals surface area contributed by atoms with Crippen molar-refractivity contribution in [2.24, 2.45) is 11.8 Å². The van der Waals surface area contributed by atoms with E-state index < -0.39 is 5.54 Å². The Morgan fingerprint density at radius 2 is 1.95 bits per heavy atom. The summed E-state index contributed by atoms with van der Waals surface area (Å²) in [6, 6.07) is 8.55. The van der Waals surface area contributed by atoms with Crippen LogP contribution in [0.15, 0.2) is 43.0 Å². The molecule has 2 saturated heterocycles. The third-order valence-electron chi connectivity index (χ3n) is 9.15. The van der Waals surface area contributed by atoms with Gasteiger partial charge in [-0.1, -0.05) is 19.9 Å². The molecule has 39 heavy (non-hydrogen) atoms. The van der Waals surface area contributed by atoms with Crippen molar-refractivity contribution in [3.05, 3.63) is 65.2 Å². The lowest BCUT2D eigenvalue weighted by atomic mass is 9.63. The number of carbonyl (C=O) groups excluding carboxylic acids is 2. The van der Waals surface area contributed by atoms with Gasteiger partial charge in [0.2, 0.25) is 5.91 Å². The molecule has 0 saturated carbocycles. The van der Waals surface area contributed by atoms with Gasteiger partial charge in [-0.3, -0.25) is 4.79 Å². The molecule has 2 fully saturated rings. The first-order valence-corrected chi connectivity index (χ1v) is 13.9. The van der Waals surface area contributed by atoms with Gasteiger partial charge in [-0.25, -0.2) is 14.3 Å². The molecule has 0 spiro atoms. The summed E-state index contributed by atoms with van der Waals surface area (Å²) < 4.78 is 1.85. The van der Waals surface area contributed by atoms with Crippen LogP contribution < -0.4 is 0 Å². The first-order chi connectivity index (χ1) is 18.7. The van der Waals surface area contributed by atoms with Crippen LogP contribution in [0.3, 0.4) is 0 Å². The van der Waals surface area contributed by atoms with Crippen molar-refractivity contribution < 1.29 is 9.59 Å². The fourth-order valence-corrected chi connectivity index (χ4v) is 6.96. The summed E-state index contributed by atoms with van der Waals surface area (Å²) in [5.74, 6) is 0.416. The summed E-state index contributed by atoms with van der Waals surface area (Å²) in [5.41, 5.74) is 5.46. The van der Waals surface area contributed by atoms with E-state index in [1.54, 1.807) is 23.2 Å². The highest BCUT2D eigenvalue weighted by molar-refractivity contribution is 5.86. The minimum Gasteiger partial charge on any atom is -0.361 e. The second kappa shape index (κ2) is 9.39. The maximum atomic E-state index is 14.6. The number of fused-ring (bicyclic) bond motifs is 2. The number of piperidine rings is 1. The van der Waals surface area contributed by atoms with Gasteiger partial charge in [0.05, 0.1) is 5.54 Å². The molecule has 2 aliphatic heterocycles. The van der Waals surface area contributed by atoms with E-state index in [2.05, 4.69) is 78.1 Å². The summed E-state index contributed by atoms with van der Waals surface area (Å²) >= 11 is 0. The van der Waals surface area contributed by atoms with E-state index >= 15 is 0 Å². The molecule has 0 bridgehead atoms. The number of aryl methyl sites for hydroxylation is 1. The first-order valence-electron chi connectivity index (χ1n) is 13.9. The van der Waals surface area contributed by atoms with Crippen LogP contribution in [0.4, 0.5) is 4.79 Å². The number of benzene rings is 1. The van der Waals surface area contributed by atoms with Crippen LogP contribution in [-0.2, 0) is 10.3 Å². The van der Waals surface area contributed by atoms with Crippen LogP contribution in [0.25, 0.3) is 16.6 Å². The van der Waals surface area contributed by atoms with E-state index in [0.29, 0.717) is 25.6 Å². The second-order valence-electron chi connectivity index (χ2n) is 11.5. The van der Waals surface area contributed by atoms with E-state index in [1.807, 2.05) is 10.7 Å². The summed E-state index contributed by atoms with van der Waals surface area (Å²) in [7, 11) is 1.80. The van der Waals surface area contributed by atoms with Crippen molar-refractivity contribution in [1.82, 2.24) is 34.3 Å². The zero-order chi connectivity index (χ0) is 27.5. The van der Waals surface area contributed by atoms with Crippen molar-refractivity contribution >= 4 is 28.5 Å². The zero-order valence-electron chi connectivity index (χ0n) is 23.4. The molecule has 0 aliphatic carbocycles. The molecule has 204 valence electrons. The van der Waals surface area contributed by atoms with Crippen LogP contribution in [0.2, 0.25) is 0 Å². The minimum atomic E-state index is -0.754. The highest BCUT2D eigenvalue weighted by Gasteiger charge is 2.54. The third-order valence-corrected chi connectivity index (χ3v) is 9.15. The van der Waals surface area contributed by atoms with E-state index in [-0.39, 0.29) is 24.4 Å². The molecule has 2 unspecified atom stereocenters. The van der Waals surface area contributed by atoms with Crippen LogP contribution in [0.5, 0.6) is 0 Å². The maximum absolute atomic E-state index is 14.6. The number of rotatable bonds is 3. The monoisotopic (exact) mass is 527 g/mol. The van der Waals surface area contributed by atoms with Gasteiger partial charge in [-0.2, -0.15) is 5.10 Å². The first kappa shape index (κ1) is 25.4. The van der Waals surface area contributed by atoms with Crippen molar-refractivity contribution in [2.45, 2.75) is 46.1 Å². The third kappa shape index (κ3) is 3.81. The predicted octanol–water partition coefficient (Wildman–Crippen LogP) is 4.33. The van der Waals surface area contributed by atoms with E-state index in [0.717, 1.165) is 51.6 Å². The molecule has 9 nitrogen and oxygen atoms in total. The van der Waals surface area contributed by atoms with Gasteiger partial charge in [-0.15, -0.1) is 0 Å². The molecule has 3 aromatic heterocycles. The summed E-state index contributed by atoms with van der Waals surface area (Å²) in [5, 5.41) is 5.64. The Kier molecular flexibility index (Phi) is 6.12. The number of piperazine rings is 1. The van der Waals surface area contributed by atoms with Gasteiger partial charge >= 0.3 is 6.03 Å². The van der Waals surface area contributed by atoms with Gasteiger partial charge in [0, 0.05) is 50.2 Å². The number of H-pyrrole nitrogens is 1. The molecule has 2 atom stereocenters. The number of likely N-dealkylation sites (N-methyl/N-ethyl adjacent to an activating group) is 1. The van der Waals surface area contributed by atoms with Gasteiger partial charge in [0.1, 0.15) is 12.9 Å². The van der Waals surface area contributed by atoms with E-state index in [9.17, 15) is 9.59 Å². The molecule has 4 aromatic rings. The Bertz CT molecular complexity index is 1570. The molecule has 1 aromatic carbocycles. The number of carbonyl (C=O) groups is 2. The van der Waals surface area contributed by atoms with Crippen LogP contribution >= 0.6 is 0 Å². The Morgan fingerprint density at radius 1 is 1.13 bits per heavy atom. The molecule has 5 heterocycles. The average molecular weight is 528 g/mol. The number of nitrogens with zero attached hydrogens (tertiary/aromatic N) is 6. The molecule has 9 heteroatoms. The SMILES string of the molecule is Cc1c(C2(c3ccc4[nH]ccc4c3)C(C(C)C)CCCN2C(=O)N2CCN(C)C(=O)C2)cn2ncnc2c1C. The zero-order valence-corrected chi connectivity index (χ0v) is 23.4. The van der Waals surface area contributed by atoms with Gasteiger partial charge in [-0.05, 0) is 78.8 Å². The molecule has 3 amide bonds. The van der Waals surface area contributed by atoms with Crippen molar-refractivity contribution in [2.75, 3.05) is 33.2 Å². The number of likely N-dealkylation sites (tertiary alicyclic amines) is 1. The number of nitrogens with one attached hydrogen (secondary N) is 1. The van der Waals surface area contributed by atoms with Gasteiger partial charge in [0.25, 0.3) is 0 Å². The molecule has 2 aliphatic rings. The van der Waals surface area contributed by atoms with Gasteiger partial charge in [0.15, 0.2) is 5.65 Å². The Morgan fingerprint density at radius 3 is 2.72 bits per heavy atom. The fraction of sp³-hybridized carbons (Fsp3) is 0.467. The van der Waals surface area contributed by atoms with Crippen molar-refractivity contribution in [1.29, 1.82) is 0 Å². The number of pyridine rings is 1. The molecule has 0 radical (unpaired) electrons. The van der Waals surface area contributed by atoms with E-state index in [1.165, 1.54) is 0 Å². The lowest BCUT2D eigenvalue weighted by molar-refractivity contribution is -0.133. The molecule has 6 rings (SSSR count). The van der Waals surface area contributed by atoms with Crippen molar-refractivity contribution in [3.63, 3.8) is 0 Å². The number of hydrogen-bond acceptors (Lipinski definition) is 4. The van der Waals surface area contributed by atoms with E-state index in [4.69, 9.17) is 0 Å². The standard InChI is InChI=1S/C30H37N7O2/c1-19(2)24-7-6-12-36(29(39)35-14-13-34(5)27(38)17-35)30(24,23-8-9-26-22(15-23)10-11-31-26)25-16-37-28(32-18-33-37)21(4)20(25)3/h8-11,15-16,18-19,24,31H,6-7,12-14,17H2,1-5H3. The smallest absolute Gasteiger partial charge is 0.321 e. The molecular weight excluding hydrogens is 490 g/mol. The van der Waals surface area contributed by atoms with Crippen molar-refractivity contribution in [3.8, 4) is 0 Å². The minimum absolute atomic E-state index is 0.0255. The molecule has 1 N–H and O–H groups in total. The van der Waals surface area contributed by atoms with Crippen LogP contribution in [-0.4, -0.2) is 79.4 Å². The Labute approximate surface area is 228 Å². The highest BCUT2D eigenvalue weighted by Crippen LogP contribution is 2.52. The number of hydrogen-bond donors (Lipinski definition) is 1. The maximum Gasteiger partial charge on any atom is 0.321 e. The molecular formula is C30H37N7O2. The number of urea groups is 1. The Balaban J connectivity index is 1.65. The normalized spacial score (nSPS) is 22.5. The quantitative estimate of drug-likeness (QED) is 0.429. The largest absolute Gasteiger partial charge is 0.361 e. The number of aromatic nitrogens is 4. The average Bonchev–Trinajstić information content (AvgIpc) is 3.60. The number of aromatic amines is 1. The van der Waals surface area contributed by atoms with Gasteiger partial charge < -0.3 is 19.7 Å². The number of amides is 3.